The molecule has 0 heterocycles. The van der Waals surface area contributed by atoms with E-state index in [1.54, 1.807) is 18.2 Å². The fourth-order valence-electron chi connectivity index (χ4n) is 1.59. The van der Waals surface area contributed by atoms with Crippen LogP contribution < -0.4 is 0 Å². The Hall–Kier alpha value is -2.59. The summed E-state index contributed by atoms with van der Waals surface area (Å²) in [7, 11) is 1.35. The van der Waals surface area contributed by atoms with E-state index in [1.807, 2.05) is 24.3 Å². The lowest BCUT2D eigenvalue weighted by molar-refractivity contribution is 0.0600. The highest BCUT2D eigenvalue weighted by Gasteiger charge is 2.03. The van der Waals surface area contributed by atoms with E-state index in [9.17, 15) is 4.79 Å². The zero-order valence-electron chi connectivity index (χ0n) is 10.7. The van der Waals surface area contributed by atoms with Gasteiger partial charge in [0.1, 0.15) is 17.7 Å². The third-order valence-electron chi connectivity index (χ3n) is 2.63. The van der Waals surface area contributed by atoms with Gasteiger partial charge in [0.05, 0.1) is 12.7 Å². The number of esters is 1. The molecule has 1 rings (SSSR count). The Morgan fingerprint density at radius 3 is 2.42 bits per heavy atom. The number of unbranched alkanes of at least 4 members (excludes halogenated alkanes) is 1. The van der Waals surface area contributed by atoms with Crippen LogP contribution in [0.2, 0.25) is 0 Å². The first kappa shape index (κ1) is 14.5. The molecule has 4 nitrogen and oxygen atoms in total. The van der Waals surface area contributed by atoms with Crippen molar-refractivity contribution in [3.05, 3.63) is 47.0 Å². The van der Waals surface area contributed by atoms with Crippen molar-refractivity contribution in [3.8, 4) is 12.1 Å². The Balaban J connectivity index is 2.48. The summed E-state index contributed by atoms with van der Waals surface area (Å²) in [5.41, 5.74) is 1.79. The molecule has 1 aromatic rings. The summed E-state index contributed by atoms with van der Waals surface area (Å²) >= 11 is 0. The number of rotatable bonds is 5. The molecule has 0 saturated heterocycles. The number of aryl methyl sites for hydroxylation is 1. The molecule has 0 aliphatic carbocycles. The smallest absolute Gasteiger partial charge is 0.337 e. The lowest BCUT2D eigenvalue weighted by Gasteiger charge is -2.02. The van der Waals surface area contributed by atoms with Crippen molar-refractivity contribution in [2.24, 2.45) is 0 Å². The van der Waals surface area contributed by atoms with Crippen LogP contribution in [0, 0.1) is 22.7 Å². The van der Waals surface area contributed by atoms with Gasteiger partial charge in [0.25, 0.3) is 0 Å². The highest BCUT2D eigenvalue weighted by Crippen LogP contribution is 2.09. The van der Waals surface area contributed by atoms with Crippen LogP contribution in [0.5, 0.6) is 0 Å². The summed E-state index contributed by atoms with van der Waals surface area (Å²) < 4.78 is 4.62. The molecular formula is C15H14N2O2. The van der Waals surface area contributed by atoms with Crippen molar-refractivity contribution in [1.29, 1.82) is 10.5 Å². The van der Waals surface area contributed by atoms with Crippen LogP contribution >= 0.6 is 0 Å². The molecule has 96 valence electrons. The zero-order valence-corrected chi connectivity index (χ0v) is 10.7. The van der Waals surface area contributed by atoms with Crippen LogP contribution in [0.15, 0.2) is 35.9 Å². The monoisotopic (exact) mass is 254 g/mol. The lowest BCUT2D eigenvalue weighted by Crippen LogP contribution is -2.00. The molecule has 0 aromatic heterocycles. The first-order valence-electron chi connectivity index (χ1n) is 5.89. The maximum Gasteiger partial charge on any atom is 0.337 e. The largest absolute Gasteiger partial charge is 0.465 e. The number of benzene rings is 1. The average Bonchev–Trinajstić information content (AvgIpc) is 2.47. The number of hydrogen-bond acceptors (Lipinski definition) is 4. The van der Waals surface area contributed by atoms with Crippen LogP contribution in [0.25, 0.3) is 0 Å². The number of nitriles is 2. The predicted molar refractivity (Wildman–Crippen MR) is 70.0 cm³/mol. The number of ether oxygens (including phenoxy) is 1. The second-order valence-electron chi connectivity index (χ2n) is 3.92. The van der Waals surface area contributed by atoms with Gasteiger partial charge < -0.3 is 4.74 Å². The first-order valence-corrected chi connectivity index (χ1v) is 5.89. The van der Waals surface area contributed by atoms with Gasteiger partial charge in [-0.1, -0.05) is 18.2 Å². The van der Waals surface area contributed by atoms with Gasteiger partial charge in [-0.25, -0.2) is 4.79 Å². The molecule has 0 unspecified atom stereocenters. The van der Waals surface area contributed by atoms with Crippen molar-refractivity contribution < 1.29 is 9.53 Å². The summed E-state index contributed by atoms with van der Waals surface area (Å²) in [5.74, 6) is -0.345. The topological polar surface area (TPSA) is 73.9 Å². The molecule has 0 aliphatic heterocycles. The summed E-state index contributed by atoms with van der Waals surface area (Å²) in [5, 5.41) is 17.1. The molecule has 0 atom stereocenters. The van der Waals surface area contributed by atoms with E-state index in [1.165, 1.54) is 7.11 Å². The number of allylic oxidation sites excluding steroid dienone is 2. The van der Waals surface area contributed by atoms with Crippen molar-refractivity contribution in [2.45, 2.75) is 19.3 Å². The first-order chi connectivity index (χ1) is 9.21. The molecule has 0 aliphatic rings. The Kier molecular flexibility index (Phi) is 5.85. The minimum atomic E-state index is -0.345. The molecule has 0 spiro atoms. The van der Waals surface area contributed by atoms with Gasteiger partial charge in [0, 0.05) is 0 Å². The van der Waals surface area contributed by atoms with Crippen LogP contribution in [0.4, 0.5) is 0 Å². The molecular weight excluding hydrogens is 240 g/mol. The summed E-state index contributed by atoms with van der Waals surface area (Å²) in [6, 6.07) is 10.9. The van der Waals surface area contributed by atoms with E-state index in [0.717, 1.165) is 18.4 Å². The fourth-order valence-corrected chi connectivity index (χ4v) is 1.59. The molecule has 0 fully saturated rings. The highest BCUT2D eigenvalue weighted by molar-refractivity contribution is 5.89. The molecule has 4 heteroatoms. The van der Waals surface area contributed by atoms with Gasteiger partial charge in [-0.15, -0.1) is 0 Å². The van der Waals surface area contributed by atoms with E-state index in [4.69, 9.17) is 10.5 Å². The highest BCUT2D eigenvalue weighted by atomic mass is 16.5. The third-order valence-corrected chi connectivity index (χ3v) is 2.63. The quantitative estimate of drug-likeness (QED) is 0.460. The van der Waals surface area contributed by atoms with Crippen molar-refractivity contribution >= 4 is 5.97 Å². The van der Waals surface area contributed by atoms with Gasteiger partial charge in [-0.05, 0) is 37.0 Å². The molecule has 0 amide bonds. The van der Waals surface area contributed by atoms with E-state index < -0.39 is 0 Å². The number of carbonyl (C=O) groups is 1. The van der Waals surface area contributed by atoms with E-state index in [2.05, 4.69) is 4.74 Å². The number of hydrogen-bond donors (Lipinski definition) is 0. The minimum Gasteiger partial charge on any atom is -0.465 e. The van der Waals surface area contributed by atoms with Crippen LogP contribution in [-0.4, -0.2) is 13.1 Å². The Morgan fingerprint density at radius 2 is 1.89 bits per heavy atom. The molecule has 19 heavy (non-hydrogen) atoms. The number of methoxy groups -OCH3 is 1. The fraction of sp³-hybridized carbons (Fsp3) is 0.267. The molecule has 0 radical (unpaired) electrons. The molecule has 0 saturated carbocycles. The van der Waals surface area contributed by atoms with Crippen LogP contribution in [0.1, 0.15) is 28.8 Å². The summed E-state index contributed by atoms with van der Waals surface area (Å²) in [4.78, 5) is 11.2. The standard InChI is InChI=1S/C15H14N2O2/c1-19-15(18)14-8-6-12(7-9-14)4-2-3-5-13(10-16)11-17/h5-9H,2-4H2,1H3. The zero-order chi connectivity index (χ0) is 14.1. The van der Waals surface area contributed by atoms with Gasteiger partial charge in [0.15, 0.2) is 0 Å². The number of nitrogens with zero attached hydrogens (tertiary/aromatic N) is 2. The predicted octanol–water partition coefficient (Wildman–Crippen LogP) is 2.77. The molecule has 0 bridgehead atoms. The van der Waals surface area contributed by atoms with Gasteiger partial charge in [0.2, 0.25) is 0 Å². The van der Waals surface area contributed by atoms with Gasteiger partial charge in [-0.2, -0.15) is 10.5 Å². The minimum absolute atomic E-state index is 0.154. The SMILES string of the molecule is COC(=O)c1ccc(CCCC=C(C#N)C#N)cc1. The van der Waals surface area contributed by atoms with E-state index in [-0.39, 0.29) is 11.5 Å². The van der Waals surface area contributed by atoms with Crippen molar-refractivity contribution in [2.75, 3.05) is 7.11 Å². The second-order valence-corrected chi connectivity index (χ2v) is 3.92. The Morgan fingerprint density at radius 1 is 1.26 bits per heavy atom. The Bertz CT molecular complexity index is 529. The molecule has 0 N–H and O–H groups in total. The van der Waals surface area contributed by atoms with Crippen molar-refractivity contribution in [3.63, 3.8) is 0 Å². The summed E-state index contributed by atoms with van der Waals surface area (Å²) in [6.45, 7) is 0. The van der Waals surface area contributed by atoms with Crippen molar-refractivity contribution in [1.82, 2.24) is 0 Å². The molecule has 1 aromatic carbocycles. The normalized spacial score (nSPS) is 9.00. The third kappa shape index (κ3) is 4.65. The number of carbonyl (C=O) groups excluding carboxylic acids is 1. The van der Waals surface area contributed by atoms with Gasteiger partial charge >= 0.3 is 5.97 Å². The Labute approximate surface area is 112 Å². The van der Waals surface area contributed by atoms with Crippen LogP contribution in [0.3, 0.4) is 0 Å². The maximum atomic E-state index is 11.2. The lowest BCUT2D eigenvalue weighted by atomic mass is 10.1. The maximum absolute atomic E-state index is 11.2. The second kappa shape index (κ2) is 7.68. The van der Waals surface area contributed by atoms with E-state index >= 15 is 0 Å². The summed E-state index contributed by atoms with van der Waals surface area (Å²) in [6.07, 6.45) is 4.02. The average molecular weight is 254 g/mol. The van der Waals surface area contributed by atoms with E-state index in [0.29, 0.717) is 12.0 Å². The van der Waals surface area contributed by atoms with Gasteiger partial charge in [-0.3, -0.25) is 0 Å². The van der Waals surface area contributed by atoms with Crippen LogP contribution in [-0.2, 0) is 11.2 Å².